The molecule has 1 nitrogen and oxygen atoms in total. The molecule has 1 N–H and O–H groups in total. The van der Waals surface area contributed by atoms with E-state index in [-0.39, 0.29) is 6.10 Å². The maximum absolute atomic E-state index is 9.42. The highest BCUT2D eigenvalue weighted by molar-refractivity contribution is 4.76. The Morgan fingerprint density at radius 1 is 1.40 bits per heavy atom. The van der Waals surface area contributed by atoms with Gasteiger partial charge in [-0.3, -0.25) is 0 Å². The summed E-state index contributed by atoms with van der Waals surface area (Å²) >= 11 is 0. The van der Waals surface area contributed by atoms with E-state index in [1.807, 2.05) is 0 Å². The normalized spacial score (nSPS) is 16.9. The third-order valence-corrected chi connectivity index (χ3v) is 2.07. The zero-order chi connectivity index (χ0) is 8.15. The highest BCUT2D eigenvalue weighted by atomic mass is 16.3. The summed E-state index contributed by atoms with van der Waals surface area (Å²) in [7, 11) is 0. The van der Waals surface area contributed by atoms with Crippen LogP contribution in [0.15, 0.2) is 12.7 Å². The molecule has 0 aromatic rings. The van der Waals surface area contributed by atoms with E-state index >= 15 is 0 Å². The van der Waals surface area contributed by atoms with Crippen molar-refractivity contribution in [3.8, 4) is 0 Å². The summed E-state index contributed by atoms with van der Waals surface area (Å²) in [6.07, 6.45) is 2.26. The van der Waals surface area contributed by atoms with Crippen molar-refractivity contribution in [1.29, 1.82) is 0 Å². The second kappa shape index (κ2) is 4.51. The fraction of sp³-hybridized carbons (Fsp3) is 0.778. The van der Waals surface area contributed by atoms with Crippen LogP contribution in [0.5, 0.6) is 0 Å². The molecule has 1 heteroatoms. The molecule has 0 spiro atoms. The second-order valence-corrected chi connectivity index (χ2v) is 3.19. The lowest BCUT2D eigenvalue weighted by Crippen LogP contribution is -2.21. The zero-order valence-electron chi connectivity index (χ0n) is 7.17. The van der Waals surface area contributed by atoms with Gasteiger partial charge in [0.15, 0.2) is 0 Å². The smallest absolute Gasteiger partial charge is 0.0602 e. The lowest BCUT2D eigenvalue weighted by atomic mass is 9.91. The number of hydrogen-bond acceptors (Lipinski definition) is 1. The Hall–Kier alpha value is -0.300. The van der Waals surface area contributed by atoms with E-state index in [9.17, 15) is 5.11 Å². The van der Waals surface area contributed by atoms with Gasteiger partial charge in [0.1, 0.15) is 0 Å². The SMILES string of the molecule is C=CC[C@@H](O)[C@H](C)C(C)C. The van der Waals surface area contributed by atoms with Crippen molar-refractivity contribution in [2.75, 3.05) is 0 Å². The molecule has 0 amide bonds. The van der Waals surface area contributed by atoms with Crippen LogP contribution in [0.3, 0.4) is 0 Å². The van der Waals surface area contributed by atoms with E-state index in [0.29, 0.717) is 18.3 Å². The molecule has 60 valence electrons. The molecule has 0 saturated heterocycles. The van der Waals surface area contributed by atoms with Crippen LogP contribution in [0.1, 0.15) is 27.2 Å². The quantitative estimate of drug-likeness (QED) is 0.597. The number of rotatable bonds is 4. The Balaban J connectivity index is 3.68. The largest absolute Gasteiger partial charge is 0.393 e. The van der Waals surface area contributed by atoms with Crippen LogP contribution >= 0.6 is 0 Å². The first-order chi connectivity index (χ1) is 4.59. The van der Waals surface area contributed by atoms with Crippen LogP contribution in [0.25, 0.3) is 0 Å². The monoisotopic (exact) mass is 142 g/mol. The molecule has 0 fully saturated rings. The van der Waals surface area contributed by atoms with Crippen LogP contribution in [0.2, 0.25) is 0 Å². The van der Waals surface area contributed by atoms with Gasteiger partial charge in [-0.05, 0) is 18.3 Å². The van der Waals surface area contributed by atoms with Crippen LogP contribution in [-0.2, 0) is 0 Å². The highest BCUT2D eigenvalue weighted by Gasteiger charge is 2.15. The molecular weight excluding hydrogens is 124 g/mol. The molecule has 0 aromatic carbocycles. The molecule has 0 rings (SSSR count). The maximum atomic E-state index is 9.42. The van der Waals surface area contributed by atoms with Crippen LogP contribution in [0, 0.1) is 11.8 Å². The van der Waals surface area contributed by atoms with E-state index in [2.05, 4.69) is 27.4 Å². The van der Waals surface area contributed by atoms with Crippen molar-refractivity contribution in [2.45, 2.75) is 33.3 Å². The van der Waals surface area contributed by atoms with E-state index < -0.39 is 0 Å². The van der Waals surface area contributed by atoms with E-state index in [1.54, 1.807) is 6.08 Å². The molecule has 2 atom stereocenters. The standard InChI is InChI=1S/C9H18O/c1-5-6-9(10)8(4)7(2)3/h5,7-10H,1,6H2,2-4H3/t8-,9-/m1/s1. The molecule has 0 heterocycles. The van der Waals surface area contributed by atoms with Crippen LogP contribution in [0.4, 0.5) is 0 Å². The van der Waals surface area contributed by atoms with Gasteiger partial charge in [-0.25, -0.2) is 0 Å². The minimum absolute atomic E-state index is 0.211. The first-order valence-corrected chi connectivity index (χ1v) is 3.88. The van der Waals surface area contributed by atoms with Crippen LogP contribution < -0.4 is 0 Å². The summed E-state index contributed by atoms with van der Waals surface area (Å²) in [5, 5.41) is 9.42. The summed E-state index contributed by atoms with van der Waals surface area (Å²) in [4.78, 5) is 0. The molecule has 0 bridgehead atoms. The summed E-state index contributed by atoms with van der Waals surface area (Å²) in [5.74, 6) is 0.924. The van der Waals surface area contributed by atoms with Crippen molar-refractivity contribution >= 4 is 0 Å². The maximum Gasteiger partial charge on any atom is 0.0602 e. The average Bonchev–Trinajstić information content (AvgIpc) is 1.87. The molecular formula is C9H18O. The average molecular weight is 142 g/mol. The van der Waals surface area contributed by atoms with Crippen molar-refractivity contribution in [3.63, 3.8) is 0 Å². The predicted molar refractivity (Wildman–Crippen MR) is 44.8 cm³/mol. The third-order valence-electron chi connectivity index (χ3n) is 2.07. The summed E-state index contributed by atoms with van der Waals surface area (Å²) in [5.41, 5.74) is 0. The van der Waals surface area contributed by atoms with Crippen molar-refractivity contribution in [3.05, 3.63) is 12.7 Å². The van der Waals surface area contributed by atoms with Gasteiger partial charge in [0.25, 0.3) is 0 Å². The molecule has 0 aliphatic rings. The Kier molecular flexibility index (Phi) is 4.37. The number of aliphatic hydroxyl groups excluding tert-OH is 1. The minimum Gasteiger partial charge on any atom is -0.393 e. The number of hydrogen-bond donors (Lipinski definition) is 1. The van der Waals surface area contributed by atoms with Crippen molar-refractivity contribution in [1.82, 2.24) is 0 Å². The van der Waals surface area contributed by atoms with Crippen LogP contribution in [-0.4, -0.2) is 11.2 Å². The van der Waals surface area contributed by atoms with Gasteiger partial charge in [-0.1, -0.05) is 26.8 Å². The van der Waals surface area contributed by atoms with Crippen molar-refractivity contribution in [2.24, 2.45) is 11.8 Å². The molecule has 0 saturated carbocycles. The van der Waals surface area contributed by atoms with E-state index in [0.717, 1.165) is 0 Å². The third kappa shape index (κ3) is 3.02. The Labute approximate surface area is 63.8 Å². The van der Waals surface area contributed by atoms with Gasteiger partial charge >= 0.3 is 0 Å². The minimum atomic E-state index is -0.211. The van der Waals surface area contributed by atoms with Gasteiger partial charge in [-0.15, -0.1) is 6.58 Å². The Morgan fingerprint density at radius 3 is 2.20 bits per heavy atom. The Morgan fingerprint density at radius 2 is 1.90 bits per heavy atom. The fourth-order valence-corrected chi connectivity index (χ4v) is 0.830. The first-order valence-electron chi connectivity index (χ1n) is 3.88. The van der Waals surface area contributed by atoms with Gasteiger partial charge in [0.05, 0.1) is 6.10 Å². The van der Waals surface area contributed by atoms with Gasteiger partial charge in [0.2, 0.25) is 0 Å². The lowest BCUT2D eigenvalue weighted by molar-refractivity contribution is 0.0946. The van der Waals surface area contributed by atoms with Crippen molar-refractivity contribution < 1.29 is 5.11 Å². The summed E-state index contributed by atoms with van der Waals surface area (Å²) < 4.78 is 0. The molecule has 0 aliphatic carbocycles. The molecule has 10 heavy (non-hydrogen) atoms. The van der Waals surface area contributed by atoms with Gasteiger partial charge < -0.3 is 5.11 Å². The molecule has 0 unspecified atom stereocenters. The fourth-order valence-electron chi connectivity index (χ4n) is 0.830. The highest BCUT2D eigenvalue weighted by Crippen LogP contribution is 2.16. The lowest BCUT2D eigenvalue weighted by Gasteiger charge is -2.20. The van der Waals surface area contributed by atoms with Gasteiger partial charge in [-0.2, -0.15) is 0 Å². The molecule has 0 aromatic heterocycles. The van der Waals surface area contributed by atoms with E-state index in [1.165, 1.54) is 0 Å². The zero-order valence-corrected chi connectivity index (χ0v) is 7.17. The van der Waals surface area contributed by atoms with Gasteiger partial charge in [0, 0.05) is 0 Å². The second-order valence-electron chi connectivity index (χ2n) is 3.19. The summed E-state index contributed by atoms with van der Waals surface area (Å²) in [6, 6.07) is 0. The topological polar surface area (TPSA) is 20.2 Å². The Bertz CT molecular complexity index is 96.9. The van der Waals surface area contributed by atoms with E-state index in [4.69, 9.17) is 0 Å². The molecule has 0 aliphatic heterocycles. The molecule has 0 radical (unpaired) electrons. The first kappa shape index (κ1) is 9.70. The summed E-state index contributed by atoms with van der Waals surface area (Å²) in [6.45, 7) is 9.89. The predicted octanol–water partition coefficient (Wildman–Crippen LogP) is 2.22. The number of aliphatic hydroxyl groups is 1.